The lowest BCUT2D eigenvalue weighted by Gasteiger charge is -2.27. The Morgan fingerprint density at radius 2 is 1.81 bits per heavy atom. The van der Waals surface area contributed by atoms with Crippen LogP contribution in [0, 0.1) is 0 Å². The summed E-state index contributed by atoms with van der Waals surface area (Å²) >= 11 is 0. The summed E-state index contributed by atoms with van der Waals surface area (Å²) in [6.45, 7) is 2.87. The highest BCUT2D eigenvalue weighted by molar-refractivity contribution is 5.83. The third kappa shape index (κ3) is 3.02. The van der Waals surface area contributed by atoms with E-state index in [1.54, 1.807) is 0 Å². The van der Waals surface area contributed by atoms with Gasteiger partial charge in [0.1, 0.15) is 0 Å². The molecule has 0 N–H and O–H groups in total. The lowest BCUT2D eigenvalue weighted by molar-refractivity contribution is 0.242. The second kappa shape index (κ2) is 6.63. The molecule has 0 radical (unpaired) electrons. The SMILES string of the molecule is Cn1cc(CN2CCc3cnc(-c4ccccc4)nc3C2)c2ccccc21. The Morgan fingerprint density at radius 3 is 2.70 bits per heavy atom. The third-order valence-corrected chi connectivity index (χ3v) is 5.43. The fourth-order valence-corrected chi connectivity index (χ4v) is 4.01. The maximum atomic E-state index is 4.88. The molecule has 4 aromatic rings. The van der Waals surface area contributed by atoms with Gasteiger partial charge in [-0.05, 0) is 23.6 Å². The van der Waals surface area contributed by atoms with Gasteiger partial charge in [0.2, 0.25) is 0 Å². The molecule has 3 heterocycles. The minimum atomic E-state index is 0.821. The molecule has 0 atom stereocenters. The molecule has 5 rings (SSSR count). The van der Waals surface area contributed by atoms with E-state index in [9.17, 15) is 0 Å². The van der Waals surface area contributed by atoms with Gasteiger partial charge in [-0.1, -0.05) is 48.5 Å². The van der Waals surface area contributed by atoms with Crippen LogP contribution in [0.1, 0.15) is 16.8 Å². The quantitative estimate of drug-likeness (QED) is 0.553. The second-order valence-corrected chi connectivity index (χ2v) is 7.27. The lowest BCUT2D eigenvalue weighted by Crippen LogP contribution is -2.31. The summed E-state index contributed by atoms with van der Waals surface area (Å²) in [5.41, 5.74) is 6.19. The van der Waals surface area contributed by atoms with E-state index in [1.807, 2.05) is 24.4 Å². The average molecular weight is 354 g/mol. The molecule has 1 aliphatic rings. The van der Waals surface area contributed by atoms with Gasteiger partial charge >= 0.3 is 0 Å². The standard InChI is InChI=1S/C23H22N4/c1-26-14-19(20-9-5-6-10-22(20)26)15-27-12-11-18-13-24-23(25-21(18)16-27)17-7-3-2-4-8-17/h2-10,13-14H,11-12,15-16H2,1H3. The van der Waals surface area contributed by atoms with E-state index in [-0.39, 0.29) is 0 Å². The van der Waals surface area contributed by atoms with Crippen molar-refractivity contribution in [3.8, 4) is 11.4 Å². The average Bonchev–Trinajstić information content (AvgIpc) is 3.04. The fourth-order valence-electron chi connectivity index (χ4n) is 4.01. The van der Waals surface area contributed by atoms with Crippen LogP contribution in [0.5, 0.6) is 0 Å². The number of fused-ring (bicyclic) bond motifs is 2. The molecule has 0 amide bonds. The molecule has 2 aromatic heterocycles. The normalized spacial score (nSPS) is 14.4. The Labute approximate surface area is 159 Å². The molecule has 0 saturated heterocycles. The zero-order valence-corrected chi connectivity index (χ0v) is 15.5. The monoisotopic (exact) mass is 354 g/mol. The van der Waals surface area contributed by atoms with Crippen molar-refractivity contribution in [2.75, 3.05) is 6.54 Å². The number of para-hydroxylation sites is 1. The summed E-state index contributed by atoms with van der Waals surface area (Å²) in [6.07, 6.45) is 5.28. The zero-order chi connectivity index (χ0) is 18.2. The van der Waals surface area contributed by atoms with Crippen molar-refractivity contribution in [2.45, 2.75) is 19.5 Å². The first-order chi connectivity index (χ1) is 13.3. The molecular formula is C23H22N4. The van der Waals surface area contributed by atoms with Gasteiger partial charge in [-0.25, -0.2) is 9.97 Å². The van der Waals surface area contributed by atoms with Gasteiger partial charge in [0, 0.05) is 55.5 Å². The van der Waals surface area contributed by atoms with Crippen molar-refractivity contribution < 1.29 is 0 Å². The number of aromatic nitrogens is 3. The van der Waals surface area contributed by atoms with Crippen molar-refractivity contribution in [1.29, 1.82) is 0 Å². The van der Waals surface area contributed by atoms with Crippen molar-refractivity contribution in [1.82, 2.24) is 19.4 Å². The van der Waals surface area contributed by atoms with E-state index in [1.165, 1.54) is 22.0 Å². The lowest BCUT2D eigenvalue weighted by atomic mass is 10.1. The van der Waals surface area contributed by atoms with Crippen LogP contribution in [0.2, 0.25) is 0 Å². The molecule has 4 nitrogen and oxygen atoms in total. The summed E-state index contributed by atoms with van der Waals surface area (Å²) < 4.78 is 2.22. The van der Waals surface area contributed by atoms with Crippen LogP contribution in [0.15, 0.2) is 67.0 Å². The first-order valence-electron chi connectivity index (χ1n) is 9.43. The van der Waals surface area contributed by atoms with Crippen LogP contribution < -0.4 is 0 Å². The summed E-state index contributed by atoms with van der Waals surface area (Å²) in [4.78, 5) is 12.0. The van der Waals surface area contributed by atoms with Crippen molar-refractivity contribution in [3.05, 3.63) is 83.8 Å². The van der Waals surface area contributed by atoms with Gasteiger partial charge in [-0.3, -0.25) is 4.90 Å². The molecule has 134 valence electrons. The molecule has 0 unspecified atom stereocenters. The van der Waals surface area contributed by atoms with Crippen molar-refractivity contribution in [3.63, 3.8) is 0 Å². The molecule has 0 bridgehead atoms. The first kappa shape index (κ1) is 16.2. The number of hydrogen-bond acceptors (Lipinski definition) is 3. The number of aryl methyl sites for hydroxylation is 1. The first-order valence-corrected chi connectivity index (χ1v) is 9.43. The van der Waals surface area contributed by atoms with Crippen LogP contribution in [0.3, 0.4) is 0 Å². The molecule has 0 spiro atoms. The van der Waals surface area contributed by atoms with Crippen molar-refractivity contribution in [2.24, 2.45) is 7.05 Å². The fraction of sp³-hybridized carbons (Fsp3) is 0.217. The molecule has 1 aliphatic heterocycles. The van der Waals surface area contributed by atoms with Gasteiger partial charge in [0.15, 0.2) is 5.82 Å². The largest absolute Gasteiger partial charge is 0.350 e. The highest BCUT2D eigenvalue weighted by Crippen LogP contribution is 2.25. The zero-order valence-electron chi connectivity index (χ0n) is 15.5. The Morgan fingerprint density at radius 1 is 1.00 bits per heavy atom. The minimum Gasteiger partial charge on any atom is -0.350 e. The Balaban J connectivity index is 1.42. The van der Waals surface area contributed by atoms with Crippen LogP contribution in [0.25, 0.3) is 22.3 Å². The van der Waals surface area contributed by atoms with E-state index in [2.05, 4.69) is 64.1 Å². The van der Waals surface area contributed by atoms with E-state index in [0.29, 0.717) is 0 Å². The van der Waals surface area contributed by atoms with E-state index >= 15 is 0 Å². The van der Waals surface area contributed by atoms with Gasteiger partial charge in [-0.15, -0.1) is 0 Å². The summed E-state index contributed by atoms with van der Waals surface area (Å²) in [7, 11) is 2.12. The molecule has 0 fully saturated rings. The minimum absolute atomic E-state index is 0.821. The van der Waals surface area contributed by atoms with E-state index in [4.69, 9.17) is 4.98 Å². The number of nitrogens with zero attached hydrogens (tertiary/aromatic N) is 4. The summed E-state index contributed by atoms with van der Waals surface area (Å²) in [5.74, 6) is 0.821. The van der Waals surface area contributed by atoms with Gasteiger partial charge in [0.05, 0.1) is 5.69 Å². The Kier molecular flexibility index (Phi) is 3.98. The molecular weight excluding hydrogens is 332 g/mol. The Bertz CT molecular complexity index is 1100. The van der Waals surface area contributed by atoms with E-state index in [0.717, 1.165) is 43.1 Å². The molecule has 2 aromatic carbocycles. The molecule has 0 aliphatic carbocycles. The highest BCUT2D eigenvalue weighted by Gasteiger charge is 2.20. The van der Waals surface area contributed by atoms with Gasteiger partial charge in [0.25, 0.3) is 0 Å². The van der Waals surface area contributed by atoms with Crippen LogP contribution in [0.4, 0.5) is 0 Å². The summed E-state index contributed by atoms with van der Waals surface area (Å²) in [6, 6.07) is 18.9. The van der Waals surface area contributed by atoms with Crippen LogP contribution >= 0.6 is 0 Å². The molecule has 4 heteroatoms. The van der Waals surface area contributed by atoms with Crippen molar-refractivity contribution >= 4 is 10.9 Å². The topological polar surface area (TPSA) is 34.0 Å². The molecule has 27 heavy (non-hydrogen) atoms. The number of rotatable bonds is 3. The van der Waals surface area contributed by atoms with Crippen LogP contribution in [-0.2, 0) is 26.6 Å². The maximum absolute atomic E-state index is 4.88. The van der Waals surface area contributed by atoms with Gasteiger partial charge < -0.3 is 4.57 Å². The van der Waals surface area contributed by atoms with E-state index < -0.39 is 0 Å². The second-order valence-electron chi connectivity index (χ2n) is 7.27. The smallest absolute Gasteiger partial charge is 0.159 e. The number of benzene rings is 2. The maximum Gasteiger partial charge on any atom is 0.159 e. The third-order valence-electron chi connectivity index (χ3n) is 5.43. The Hall–Kier alpha value is -2.98. The predicted octanol–water partition coefficient (Wildman–Crippen LogP) is 4.19. The highest BCUT2D eigenvalue weighted by atomic mass is 15.1. The number of hydrogen-bond donors (Lipinski definition) is 0. The predicted molar refractivity (Wildman–Crippen MR) is 108 cm³/mol. The summed E-state index contributed by atoms with van der Waals surface area (Å²) in [5, 5.41) is 1.35. The molecule has 0 saturated carbocycles. The van der Waals surface area contributed by atoms with Crippen LogP contribution in [-0.4, -0.2) is 26.0 Å². The van der Waals surface area contributed by atoms with Gasteiger partial charge in [-0.2, -0.15) is 0 Å².